The van der Waals surface area contributed by atoms with Crippen molar-refractivity contribution in [1.29, 1.82) is 0 Å². The average Bonchev–Trinajstić information content (AvgIpc) is 2.78. The molecule has 2 rings (SSSR count). The zero-order valence-electron chi connectivity index (χ0n) is 11.5. The van der Waals surface area contributed by atoms with Gasteiger partial charge < -0.3 is 14.8 Å². The number of aryl methyl sites for hydroxylation is 1. The third-order valence-electron chi connectivity index (χ3n) is 3.25. The Morgan fingerprint density at radius 1 is 1.68 bits per heavy atom. The Balaban J connectivity index is 1.88. The molecule has 6 nitrogen and oxygen atoms in total. The molecule has 6 heteroatoms. The molecule has 1 aromatic rings. The molecule has 1 fully saturated rings. The molecular weight excluding hydrogens is 246 g/mol. The van der Waals surface area contributed by atoms with Gasteiger partial charge in [0.15, 0.2) is 0 Å². The van der Waals surface area contributed by atoms with Gasteiger partial charge >= 0.3 is 0 Å². The monoisotopic (exact) mass is 267 g/mol. The summed E-state index contributed by atoms with van der Waals surface area (Å²) in [5.41, 5.74) is 0.975. The van der Waals surface area contributed by atoms with Crippen LogP contribution in [0.5, 0.6) is 0 Å². The molecule has 1 aliphatic rings. The first-order chi connectivity index (χ1) is 9.20. The summed E-state index contributed by atoms with van der Waals surface area (Å²) in [6, 6.07) is 1.90. The van der Waals surface area contributed by atoms with Crippen LogP contribution in [0.3, 0.4) is 0 Å². The van der Waals surface area contributed by atoms with Gasteiger partial charge in [0, 0.05) is 25.1 Å². The van der Waals surface area contributed by atoms with E-state index < -0.39 is 0 Å². The molecule has 0 saturated carbocycles. The molecule has 106 valence electrons. The largest absolute Gasteiger partial charge is 0.379 e. The van der Waals surface area contributed by atoms with Crippen LogP contribution in [0.25, 0.3) is 0 Å². The van der Waals surface area contributed by atoms with Crippen LogP contribution in [0.1, 0.15) is 19.0 Å². The topological polar surface area (TPSA) is 65.4 Å². The van der Waals surface area contributed by atoms with Crippen molar-refractivity contribution in [3.05, 3.63) is 18.0 Å². The van der Waals surface area contributed by atoms with Crippen molar-refractivity contribution in [2.24, 2.45) is 0 Å². The van der Waals surface area contributed by atoms with Gasteiger partial charge in [0.25, 0.3) is 0 Å². The number of hydrogen-bond donors (Lipinski definition) is 1. The number of amides is 1. The summed E-state index contributed by atoms with van der Waals surface area (Å²) in [6.07, 6.45) is 2.43. The van der Waals surface area contributed by atoms with Crippen molar-refractivity contribution in [2.75, 3.05) is 19.8 Å². The highest BCUT2D eigenvalue weighted by Crippen LogP contribution is 2.11. The standard InChI is InChI=1S/C13H21N3O3/c1-3-19-12-9-18-7-5-11(12)15-13(17)8-16-10(2)4-6-14-16/h4,6,11-12H,3,5,7-9H2,1-2H3,(H,15,17)/t11-,12-/m1/s1. The second-order valence-electron chi connectivity index (χ2n) is 4.66. The smallest absolute Gasteiger partial charge is 0.242 e. The number of carbonyl (C=O) groups is 1. The quantitative estimate of drug-likeness (QED) is 0.844. The van der Waals surface area contributed by atoms with E-state index >= 15 is 0 Å². The lowest BCUT2D eigenvalue weighted by atomic mass is 10.1. The molecule has 19 heavy (non-hydrogen) atoms. The first-order valence-corrected chi connectivity index (χ1v) is 6.68. The summed E-state index contributed by atoms with van der Waals surface area (Å²) in [7, 11) is 0. The maximum Gasteiger partial charge on any atom is 0.242 e. The maximum absolute atomic E-state index is 12.0. The molecule has 0 unspecified atom stereocenters. The van der Waals surface area contributed by atoms with E-state index in [4.69, 9.17) is 9.47 Å². The lowest BCUT2D eigenvalue weighted by Crippen LogP contribution is -2.50. The highest BCUT2D eigenvalue weighted by Gasteiger charge is 2.27. The van der Waals surface area contributed by atoms with E-state index in [1.807, 2.05) is 19.9 Å². The van der Waals surface area contributed by atoms with Crippen molar-refractivity contribution < 1.29 is 14.3 Å². The van der Waals surface area contributed by atoms with E-state index in [1.54, 1.807) is 10.9 Å². The van der Waals surface area contributed by atoms with Gasteiger partial charge in [-0.05, 0) is 26.3 Å². The number of ether oxygens (including phenoxy) is 2. The molecular formula is C13H21N3O3. The maximum atomic E-state index is 12.0. The zero-order valence-corrected chi connectivity index (χ0v) is 11.5. The number of nitrogens with one attached hydrogen (secondary N) is 1. The Kier molecular flexibility index (Phi) is 4.93. The van der Waals surface area contributed by atoms with Gasteiger partial charge in [-0.2, -0.15) is 5.10 Å². The summed E-state index contributed by atoms with van der Waals surface area (Å²) in [5.74, 6) is -0.0385. The highest BCUT2D eigenvalue weighted by atomic mass is 16.5. The lowest BCUT2D eigenvalue weighted by Gasteiger charge is -2.31. The van der Waals surface area contributed by atoms with Crippen molar-refractivity contribution in [2.45, 2.75) is 39.0 Å². The van der Waals surface area contributed by atoms with Crippen molar-refractivity contribution in [1.82, 2.24) is 15.1 Å². The molecule has 0 aliphatic carbocycles. The summed E-state index contributed by atoms with van der Waals surface area (Å²) in [5, 5.41) is 7.12. The molecule has 2 heterocycles. The summed E-state index contributed by atoms with van der Waals surface area (Å²) < 4.78 is 12.7. The second kappa shape index (κ2) is 6.68. The molecule has 1 amide bonds. The minimum atomic E-state index is -0.0542. The summed E-state index contributed by atoms with van der Waals surface area (Å²) >= 11 is 0. The highest BCUT2D eigenvalue weighted by molar-refractivity contribution is 5.76. The SMILES string of the molecule is CCO[C@@H]1COCC[C@H]1NC(=O)Cn1nccc1C. The van der Waals surface area contributed by atoms with E-state index in [-0.39, 0.29) is 24.6 Å². The van der Waals surface area contributed by atoms with Crippen molar-refractivity contribution >= 4 is 5.91 Å². The van der Waals surface area contributed by atoms with Gasteiger partial charge in [-0.15, -0.1) is 0 Å². The summed E-state index contributed by atoms with van der Waals surface area (Å²) in [4.78, 5) is 12.0. The fourth-order valence-electron chi connectivity index (χ4n) is 2.21. The fraction of sp³-hybridized carbons (Fsp3) is 0.692. The van der Waals surface area contributed by atoms with Gasteiger partial charge in [0.05, 0.1) is 12.6 Å². The number of nitrogens with zero attached hydrogens (tertiary/aromatic N) is 2. The molecule has 2 atom stereocenters. The van der Waals surface area contributed by atoms with Crippen molar-refractivity contribution in [3.8, 4) is 0 Å². The van der Waals surface area contributed by atoms with Crippen LogP contribution in [0, 0.1) is 6.92 Å². The first-order valence-electron chi connectivity index (χ1n) is 6.68. The average molecular weight is 267 g/mol. The van der Waals surface area contributed by atoms with Gasteiger partial charge in [-0.25, -0.2) is 0 Å². The third kappa shape index (κ3) is 3.78. The lowest BCUT2D eigenvalue weighted by molar-refractivity contribution is -0.126. The summed E-state index contributed by atoms with van der Waals surface area (Å²) in [6.45, 7) is 5.95. The molecule has 0 radical (unpaired) electrons. The van der Waals surface area contributed by atoms with E-state index in [9.17, 15) is 4.79 Å². The predicted molar refractivity (Wildman–Crippen MR) is 69.7 cm³/mol. The second-order valence-corrected chi connectivity index (χ2v) is 4.66. The first kappa shape index (κ1) is 14.0. The van der Waals surface area contributed by atoms with Crippen molar-refractivity contribution in [3.63, 3.8) is 0 Å². The zero-order chi connectivity index (χ0) is 13.7. The Morgan fingerprint density at radius 3 is 3.21 bits per heavy atom. The molecule has 1 saturated heterocycles. The number of rotatable bonds is 5. The van der Waals surface area contributed by atoms with E-state index in [2.05, 4.69) is 10.4 Å². The van der Waals surface area contributed by atoms with Crippen LogP contribution in [0.2, 0.25) is 0 Å². The van der Waals surface area contributed by atoms with Crippen LogP contribution in [-0.4, -0.2) is 47.7 Å². The van der Waals surface area contributed by atoms with E-state index in [0.717, 1.165) is 12.1 Å². The van der Waals surface area contributed by atoms with Gasteiger partial charge in [-0.3, -0.25) is 9.48 Å². The van der Waals surface area contributed by atoms with Gasteiger partial charge in [0.1, 0.15) is 12.6 Å². The molecule has 0 bridgehead atoms. The van der Waals surface area contributed by atoms with Crippen LogP contribution in [-0.2, 0) is 20.8 Å². The number of aromatic nitrogens is 2. The van der Waals surface area contributed by atoms with E-state index in [1.165, 1.54) is 0 Å². The number of carbonyl (C=O) groups excluding carboxylic acids is 1. The minimum absolute atomic E-state index is 0.0251. The third-order valence-corrected chi connectivity index (χ3v) is 3.25. The molecule has 1 aromatic heterocycles. The molecule has 0 spiro atoms. The van der Waals surface area contributed by atoms with Crippen LogP contribution < -0.4 is 5.32 Å². The Morgan fingerprint density at radius 2 is 2.53 bits per heavy atom. The minimum Gasteiger partial charge on any atom is -0.379 e. The van der Waals surface area contributed by atoms with Crippen LogP contribution in [0.15, 0.2) is 12.3 Å². The fourth-order valence-corrected chi connectivity index (χ4v) is 2.21. The Bertz CT molecular complexity index is 417. The van der Waals surface area contributed by atoms with Gasteiger partial charge in [0.2, 0.25) is 5.91 Å². The van der Waals surface area contributed by atoms with Crippen LogP contribution in [0.4, 0.5) is 0 Å². The predicted octanol–water partition coefficient (Wildman–Crippen LogP) is 0.502. The Hall–Kier alpha value is -1.40. The van der Waals surface area contributed by atoms with Crippen LogP contribution >= 0.6 is 0 Å². The molecule has 1 aliphatic heterocycles. The van der Waals surface area contributed by atoms with Gasteiger partial charge in [-0.1, -0.05) is 0 Å². The van der Waals surface area contributed by atoms with E-state index in [0.29, 0.717) is 19.8 Å². The normalized spacial score (nSPS) is 23.3. The number of hydrogen-bond acceptors (Lipinski definition) is 4. The molecule has 0 aromatic carbocycles. The Labute approximate surface area is 113 Å². The molecule has 1 N–H and O–H groups in total.